The van der Waals surface area contributed by atoms with Gasteiger partial charge in [-0.1, -0.05) is 91.8 Å². The van der Waals surface area contributed by atoms with Crippen LogP contribution in [0.25, 0.3) is 0 Å². The van der Waals surface area contributed by atoms with Crippen LogP contribution in [0.5, 0.6) is 0 Å². The van der Waals surface area contributed by atoms with Crippen LogP contribution < -0.4 is 10.4 Å². The molecule has 1 aliphatic heterocycles. The van der Waals surface area contributed by atoms with Crippen LogP contribution in [0.1, 0.15) is 40.0 Å². The van der Waals surface area contributed by atoms with E-state index in [-0.39, 0.29) is 5.04 Å². The monoisotopic (exact) mass is 324 g/mol. The highest BCUT2D eigenvalue weighted by atomic mass is 28.3. The Morgan fingerprint density at radius 2 is 1.35 bits per heavy atom. The average Bonchev–Trinajstić information content (AvgIpc) is 2.57. The number of benzene rings is 2. The third kappa shape index (κ3) is 2.90. The van der Waals surface area contributed by atoms with Crippen molar-refractivity contribution in [1.82, 2.24) is 0 Å². The number of rotatable bonds is 3. The van der Waals surface area contributed by atoms with E-state index in [1.54, 1.807) is 0 Å². The smallest absolute Gasteiger partial charge is 0.153 e. The fourth-order valence-electron chi connectivity index (χ4n) is 4.37. The molecule has 0 radical (unpaired) electrons. The van der Waals surface area contributed by atoms with Gasteiger partial charge in [-0.3, -0.25) is 0 Å². The Labute approximate surface area is 141 Å². The minimum Gasteiger partial charge on any atom is -0.381 e. The van der Waals surface area contributed by atoms with Gasteiger partial charge in [0.15, 0.2) is 8.07 Å². The molecule has 1 unspecified atom stereocenters. The maximum atomic E-state index is 6.44. The van der Waals surface area contributed by atoms with Gasteiger partial charge >= 0.3 is 0 Å². The van der Waals surface area contributed by atoms with Gasteiger partial charge in [-0.15, -0.1) is 0 Å². The molecule has 0 amide bonds. The molecule has 0 spiro atoms. The van der Waals surface area contributed by atoms with Crippen LogP contribution in [-0.4, -0.2) is 20.4 Å². The molecule has 0 N–H and O–H groups in total. The Balaban J connectivity index is 2.25. The zero-order valence-corrected chi connectivity index (χ0v) is 15.6. The summed E-state index contributed by atoms with van der Waals surface area (Å²) in [5, 5.41) is 3.20. The summed E-state index contributed by atoms with van der Waals surface area (Å²) in [5.74, 6) is 0. The summed E-state index contributed by atoms with van der Waals surface area (Å²) < 4.78 is 6.44. The summed E-state index contributed by atoms with van der Waals surface area (Å²) >= 11 is 0. The maximum absolute atomic E-state index is 6.44. The summed E-state index contributed by atoms with van der Waals surface area (Å²) in [6.45, 7) is 8.15. The summed E-state index contributed by atoms with van der Waals surface area (Å²) in [4.78, 5) is 0. The lowest BCUT2D eigenvalue weighted by Gasteiger charge is -2.50. The molecule has 1 atom stereocenters. The van der Waals surface area contributed by atoms with Crippen molar-refractivity contribution < 1.29 is 4.74 Å². The van der Waals surface area contributed by atoms with Crippen molar-refractivity contribution in [2.45, 2.75) is 50.8 Å². The molecule has 2 heteroatoms. The molecule has 0 aromatic heterocycles. The van der Waals surface area contributed by atoms with Crippen LogP contribution in [0.3, 0.4) is 0 Å². The van der Waals surface area contributed by atoms with Crippen molar-refractivity contribution in [3.63, 3.8) is 0 Å². The largest absolute Gasteiger partial charge is 0.381 e. The normalized spacial score (nSPS) is 19.5. The van der Waals surface area contributed by atoms with Gasteiger partial charge < -0.3 is 4.74 Å². The highest BCUT2D eigenvalue weighted by Crippen LogP contribution is 2.41. The Hall–Kier alpha value is -1.38. The molecule has 0 bridgehead atoms. The van der Waals surface area contributed by atoms with Crippen LogP contribution in [0.2, 0.25) is 5.04 Å². The Bertz CT molecular complexity index is 570. The molecular weight excluding hydrogens is 296 g/mol. The fourth-order valence-corrected chi connectivity index (χ4v) is 10.6. The maximum Gasteiger partial charge on any atom is 0.153 e. The van der Waals surface area contributed by atoms with Crippen molar-refractivity contribution in [3.05, 3.63) is 60.7 Å². The second-order valence-electron chi connectivity index (χ2n) is 7.65. The van der Waals surface area contributed by atoms with E-state index in [4.69, 9.17) is 4.74 Å². The van der Waals surface area contributed by atoms with Gasteiger partial charge in [0, 0.05) is 6.61 Å². The first-order valence-electron chi connectivity index (χ1n) is 8.79. The average molecular weight is 325 g/mol. The van der Waals surface area contributed by atoms with E-state index in [0.29, 0.717) is 5.73 Å². The van der Waals surface area contributed by atoms with E-state index in [9.17, 15) is 0 Å². The van der Waals surface area contributed by atoms with Crippen molar-refractivity contribution in [1.29, 1.82) is 0 Å². The van der Waals surface area contributed by atoms with Gasteiger partial charge in [0.25, 0.3) is 0 Å². The third-order valence-electron chi connectivity index (χ3n) is 5.30. The lowest BCUT2D eigenvalue weighted by atomic mass is 10.2. The second-order valence-corrected chi connectivity index (χ2v) is 12.6. The molecule has 23 heavy (non-hydrogen) atoms. The number of hydrogen-bond acceptors (Lipinski definition) is 1. The molecule has 2 aromatic carbocycles. The summed E-state index contributed by atoms with van der Waals surface area (Å²) in [7, 11) is -2.07. The quantitative estimate of drug-likeness (QED) is 0.770. The van der Waals surface area contributed by atoms with Crippen LogP contribution in [0.4, 0.5) is 0 Å². The number of ether oxygens (including phenoxy) is 1. The Kier molecular flexibility index (Phi) is 4.74. The zero-order valence-electron chi connectivity index (χ0n) is 14.6. The van der Waals surface area contributed by atoms with E-state index in [1.165, 1.54) is 29.6 Å². The Morgan fingerprint density at radius 3 is 1.74 bits per heavy atom. The SMILES string of the molecule is CC(C)(C)[Si](c1ccccc1)(c1ccccc1)C1CCCCO1. The van der Waals surface area contributed by atoms with Gasteiger partial charge in [0.2, 0.25) is 0 Å². The first kappa shape index (κ1) is 16.5. The van der Waals surface area contributed by atoms with E-state index < -0.39 is 8.07 Å². The molecule has 122 valence electrons. The molecule has 2 aromatic rings. The molecule has 3 rings (SSSR count). The van der Waals surface area contributed by atoms with Crippen LogP contribution in [0.15, 0.2) is 60.7 Å². The molecule has 1 nitrogen and oxygen atoms in total. The van der Waals surface area contributed by atoms with Crippen molar-refractivity contribution >= 4 is 18.4 Å². The predicted octanol–water partition coefficient (Wildman–Crippen LogP) is 4.16. The van der Waals surface area contributed by atoms with Gasteiger partial charge in [-0.25, -0.2) is 0 Å². The van der Waals surface area contributed by atoms with E-state index in [1.807, 2.05) is 0 Å². The minimum absolute atomic E-state index is 0.192. The predicted molar refractivity (Wildman–Crippen MR) is 101 cm³/mol. The third-order valence-corrected chi connectivity index (χ3v) is 11.6. The lowest BCUT2D eigenvalue weighted by molar-refractivity contribution is 0.0594. The number of hydrogen-bond donors (Lipinski definition) is 0. The molecule has 1 fully saturated rings. The Morgan fingerprint density at radius 1 is 0.826 bits per heavy atom. The summed E-state index contributed by atoms with van der Waals surface area (Å²) in [6, 6.07) is 22.3. The second kappa shape index (κ2) is 6.62. The van der Waals surface area contributed by atoms with E-state index in [2.05, 4.69) is 81.4 Å². The summed E-state index contributed by atoms with van der Waals surface area (Å²) in [5.41, 5.74) is 0.362. The minimum atomic E-state index is -2.07. The fraction of sp³-hybridized carbons (Fsp3) is 0.429. The van der Waals surface area contributed by atoms with E-state index >= 15 is 0 Å². The standard InChI is InChI=1S/C21H28OSi/c1-21(2,3)23(18-12-6-4-7-13-18,19-14-8-5-9-15-19)20-16-10-11-17-22-20/h4-9,12-15,20H,10-11,16-17H2,1-3H3. The van der Waals surface area contributed by atoms with Crippen LogP contribution in [-0.2, 0) is 4.74 Å². The van der Waals surface area contributed by atoms with Crippen molar-refractivity contribution in [3.8, 4) is 0 Å². The summed E-state index contributed by atoms with van der Waals surface area (Å²) in [6.07, 6.45) is 3.68. The molecule has 0 aliphatic carbocycles. The zero-order chi connectivity index (χ0) is 16.3. The van der Waals surface area contributed by atoms with Crippen molar-refractivity contribution in [2.24, 2.45) is 0 Å². The van der Waals surface area contributed by atoms with Gasteiger partial charge in [-0.05, 0) is 24.3 Å². The van der Waals surface area contributed by atoms with Crippen LogP contribution >= 0.6 is 0 Å². The lowest BCUT2D eigenvalue weighted by Crippen LogP contribution is -2.72. The van der Waals surface area contributed by atoms with Gasteiger partial charge in [-0.2, -0.15) is 0 Å². The topological polar surface area (TPSA) is 9.23 Å². The first-order chi connectivity index (χ1) is 11.1. The van der Waals surface area contributed by atoms with E-state index in [0.717, 1.165) is 6.61 Å². The molecule has 1 saturated heterocycles. The molecule has 1 heterocycles. The molecule has 0 saturated carbocycles. The molecule has 1 aliphatic rings. The van der Waals surface area contributed by atoms with Gasteiger partial charge in [0.1, 0.15) is 0 Å². The van der Waals surface area contributed by atoms with Gasteiger partial charge in [0.05, 0.1) is 5.73 Å². The highest BCUT2D eigenvalue weighted by molar-refractivity contribution is 7.05. The molecular formula is C21H28OSi. The first-order valence-corrected chi connectivity index (χ1v) is 10.9. The van der Waals surface area contributed by atoms with Crippen LogP contribution in [0, 0.1) is 0 Å². The van der Waals surface area contributed by atoms with Crippen molar-refractivity contribution in [2.75, 3.05) is 6.61 Å². The highest BCUT2D eigenvalue weighted by Gasteiger charge is 2.54.